The van der Waals surface area contributed by atoms with Gasteiger partial charge in [0, 0.05) is 12.0 Å². The fraction of sp³-hybridized carbons (Fsp3) is 0.474. The average molecular weight is 477 g/mol. The summed E-state index contributed by atoms with van der Waals surface area (Å²) in [5, 5.41) is 23.8. The van der Waals surface area contributed by atoms with Crippen molar-refractivity contribution in [3.05, 3.63) is 28.8 Å². The van der Waals surface area contributed by atoms with Gasteiger partial charge in [-0.05, 0) is 25.1 Å². The summed E-state index contributed by atoms with van der Waals surface area (Å²) >= 11 is 5.87. The Morgan fingerprint density at radius 3 is 2.62 bits per heavy atom. The molecule has 0 aliphatic carbocycles. The first-order valence-corrected chi connectivity index (χ1v) is 9.88. The van der Waals surface area contributed by atoms with E-state index < -0.39 is 67.4 Å². The summed E-state index contributed by atoms with van der Waals surface area (Å²) in [6.07, 6.45) is -3.19. The molecule has 1 aromatic carbocycles. The van der Waals surface area contributed by atoms with Crippen molar-refractivity contribution in [3.8, 4) is 0 Å². The van der Waals surface area contributed by atoms with Gasteiger partial charge in [-0.25, -0.2) is 8.78 Å². The Labute approximate surface area is 186 Å². The van der Waals surface area contributed by atoms with Crippen LogP contribution < -0.4 is 16.4 Å². The Morgan fingerprint density at radius 1 is 1.41 bits per heavy atom. The molecule has 0 radical (unpaired) electrons. The van der Waals surface area contributed by atoms with Crippen LogP contribution in [0.5, 0.6) is 0 Å². The molecule has 1 fully saturated rings. The molecule has 1 aliphatic heterocycles. The zero-order valence-electron chi connectivity index (χ0n) is 16.9. The number of benzene rings is 1. The number of carbonyl (C=O) groups is 4. The molecule has 176 valence electrons. The largest absolute Gasteiger partial charge is 0.481 e. The molecule has 0 saturated carbocycles. The Kier molecular flexibility index (Phi) is 8.10. The summed E-state index contributed by atoms with van der Waals surface area (Å²) in [4.78, 5) is 47.7. The maximum Gasteiger partial charge on any atom is 0.305 e. The number of anilines is 1. The van der Waals surface area contributed by atoms with E-state index in [0.29, 0.717) is 4.90 Å². The van der Waals surface area contributed by atoms with E-state index in [-0.39, 0.29) is 22.6 Å². The van der Waals surface area contributed by atoms with Crippen molar-refractivity contribution in [1.29, 1.82) is 0 Å². The number of nitrogens with two attached hydrogens (primary N) is 1. The summed E-state index contributed by atoms with van der Waals surface area (Å²) in [5.41, 5.74) is 5.92. The Balaban J connectivity index is 2.12. The molecule has 1 aliphatic rings. The second-order valence-corrected chi connectivity index (χ2v) is 7.88. The summed E-state index contributed by atoms with van der Waals surface area (Å²) in [6, 6.07) is -0.00519. The quantitative estimate of drug-likeness (QED) is 0.192. The molecule has 6 N–H and O–H groups in total. The van der Waals surface area contributed by atoms with Crippen LogP contribution in [0.15, 0.2) is 18.2 Å². The Bertz CT molecular complexity index is 903. The number of aliphatic hydroxyl groups is 1. The van der Waals surface area contributed by atoms with Crippen LogP contribution in [-0.2, 0) is 14.4 Å². The Morgan fingerprint density at radius 2 is 2.06 bits per heavy atom. The summed E-state index contributed by atoms with van der Waals surface area (Å²) < 4.78 is 28.1. The SMILES string of the molecule is C[C@H](NC(=O)c1ccc(N)c(Cl)c1)C(=O)N1CC(F)(F)CC1C(O)N[C@H](C=O)CC(=O)O. The molecule has 4 atom stereocenters. The number of alkyl halides is 2. The van der Waals surface area contributed by atoms with Gasteiger partial charge in [-0.1, -0.05) is 11.6 Å². The van der Waals surface area contributed by atoms with E-state index in [9.17, 15) is 33.1 Å². The minimum absolute atomic E-state index is 0.0938. The lowest BCUT2D eigenvalue weighted by Gasteiger charge is -2.31. The van der Waals surface area contributed by atoms with Crippen molar-refractivity contribution in [2.45, 2.75) is 50.0 Å². The van der Waals surface area contributed by atoms with Gasteiger partial charge in [-0.15, -0.1) is 0 Å². The maximum atomic E-state index is 14.1. The summed E-state index contributed by atoms with van der Waals surface area (Å²) in [5.74, 6) is -6.27. The predicted molar refractivity (Wildman–Crippen MR) is 109 cm³/mol. The molecule has 0 aromatic heterocycles. The van der Waals surface area contributed by atoms with E-state index in [0.717, 1.165) is 0 Å². The van der Waals surface area contributed by atoms with Gasteiger partial charge in [0.1, 0.15) is 18.6 Å². The van der Waals surface area contributed by atoms with E-state index in [4.69, 9.17) is 22.4 Å². The summed E-state index contributed by atoms with van der Waals surface area (Å²) in [7, 11) is 0. The lowest BCUT2D eigenvalue weighted by Crippen LogP contribution is -2.56. The van der Waals surface area contributed by atoms with Crippen molar-refractivity contribution in [3.63, 3.8) is 0 Å². The number of halogens is 3. The van der Waals surface area contributed by atoms with Crippen molar-refractivity contribution in [2.24, 2.45) is 0 Å². The van der Waals surface area contributed by atoms with Crippen molar-refractivity contribution in [2.75, 3.05) is 12.3 Å². The lowest BCUT2D eigenvalue weighted by atomic mass is 10.1. The molecule has 2 amide bonds. The van der Waals surface area contributed by atoms with Gasteiger partial charge in [0.2, 0.25) is 5.91 Å². The Hall–Kier alpha value is -2.83. The van der Waals surface area contributed by atoms with Gasteiger partial charge < -0.3 is 31.0 Å². The molecule has 0 spiro atoms. The van der Waals surface area contributed by atoms with E-state index >= 15 is 0 Å². The number of hydrogen-bond donors (Lipinski definition) is 5. The van der Waals surface area contributed by atoms with Crippen LogP contribution in [-0.4, -0.2) is 76.0 Å². The number of amides is 2. The number of nitrogen functional groups attached to an aromatic ring is 1. The van der Waals surface area contributed by atoms with Gasteiger partial charge >= 0.3 is 5.97 Å². The second-order valence-electron chi connectivity index (χ2n) is 7.48. The van der Waals surface area contributed by atoms with Gasteiger partial charge in [0.15, 0.2) is 0 Å². The van der Waals surface area contributed by atoms with E-state index in [1.165, 1.54) is 25.1 Å². The zero-order chi connectivity index (χ0) is 24.2. The highest BCUT2D eigenvalue weighted by molar-refractivity contribution is 6.33. The molecular weight excluding hydrogens is 454 g/mol. The predicted octanol–water partition coefficient (Wildman–Crippen LogP) is 0.227. The highest BCUT2D eigenvalue weighted by Crippen LogP contribution is 2.33. The number of carboxylic acids is 1. The highest BCUT2D eigenvalue weighted by Gasteiger charge is 2.50. The third-order valence-electron chi connectivity index (χ3n) is 4.88. The first-order valence-electron chi connectivity index (χ1n) is 9.50. The molecule has 1 saturated heterocycles. The number of carboxylic acid groups (broad SMARTS) is 1. The van der Waals surface area contributed by atoms with Gasteiger partial charge in [0.25, 0.3) is 11.8 Å². The second kappa shape index (κ2) is 10.2. The van der Waals surface area contributed by atoms with Crippen LogP contribution in [0.2, 0.25) is 5.02 Å². The molecule has 1 heterocycles. The minimum atomic E-state index is -3.33. The number of aldehydes is 1. The number of rotatable bonds is 9. The molecule has 0 bridgehead atoms. The van der Waals surface area contributed by atoms with Gasteiger partial charge in [0.05, 0.1) is 35.8 Å². The van der Waals surface area contributed by atoms with E-state index in [2.05, 4.69) is 10.6 Å². The zero-order valence-corrected chi connectivity index (χ0v) is 17.7. The number of hydrogen-bond acceptors (Lipinski definition) is 7. The van der Waals surface area contributed by atoms with Gasteiger partial charge in [-0.2, -0.15) is 0 Å². The van der Waals surface area contributed by atoms with Gasteiger partial charge in [-0.3, -0.25) is 19.7 Å². The van der Waals surface area contributed by atoms with E-state index in [1.54, 1.807) is 0 Å². The topological polar surface area (TPSA) is 162 Å². The highest BCUT2D eigenvalue weighted by atomic mass is 35.5. The van der Waals surface area contributed by atoms with Crippen LogP contribution >= 0.6 is 11.6 Å². The van der Waals surface area contributed by atoms with Crippen LogP contribution in [0.4, 0.5) is 14.5 Å². The van der Waals surface area contributed by atoms with Crippen LogP contribution in [0.25, 0.3) is 0 Å². The third-order valence-corrected chi connectivity index (χ3v) is 5.21. The fourth-order valence-electron chi connectivity index (χ4n) is 3.29. The number of carbonyl (C=O) groups excluding carboxylic acids is 3. The molecule has 2 unspecified atom stereocenters. The lowest BCUT2D eigenvalue weighted by molar-refractivity contribution is -0.140. The molecule has 32 heavy (non-hydrogen) atoms. The number of nitrogens with one attached hydrogen (secondary N) is 2. The number of nitrogens with zero attached hydrogens (tertiary/aromatic N) is 1. The molecule has 1 aromatic rings. The number of likely N-dealkylation sites (tertiary alicyclic amines) is 1. The summed E-state index contributed by atoms with van der Waals surface area (Å²) in [6.45, 7) is 0.263. The van der Waals surface area contributed by atoms with Crippen molar-refractivity contribution >= 4 is 41.4 Å². The molecule has 13 heteroatoms. The van der Waals surface area contributed by atoms with E-state index in [1.807, 2.05) is 0 Å². The number of aliphatic carboxylic acids is 1. The molecule has 10 nitrogen and oxygen atoms in total. The van der Waals surface area contributed by atoms with Crippen molar-refractivity contribution < 1.29 is 38.2 Å². The smallest absolute Gasteiger partial charge is 0.305 e. The van der Waals surface area contributed by atoms with Crippen LogP contribution in [0.3, 0.4) is 0 Å². The monoisotopic (exact) mass is 476 g/mol. The number of aliphatic hydroxyl groups excluding tert-OH is 1. The standard InChI is InChI=1S/C19H23ClF2N4O6/c1-9(24-16(30)10-2-3-13(23)12(20)4-10)18(32)26-8-19(21,22)6-14(26)17(31)25-11(7-27)5-15(28)29/h2-4,7,9,11,14,17,25,31H,5-6,8,23H2,1H3,(H,24,30)(H,28,29)/t9-,11-,14?,17?/m0/s1. The van der Waals surface area contributed by atoms with Crippen molar-refractivity contribution in [1.82, 2.24) is 15.5 Å². The average Bonchev–Trinajstić information content (AvgIpc) is 3.03. The molecular formula is C19H23ClF2N4O6. The first-order chi connectivity index (χ1) is 14.8. The molecule has 2 rings (SSSR count). The maximum absolute atomic E-state index is 14.1. The first kappa shape index (κ1) is 25.4. The fourth-order valence-corrected chi connectivity index (χ4v) is 3.47. The third kappa shape index (κ3) is 6.34. The van der Waals surface area contributed by atoms with Crippen LogP contribution in [0.1, 0.15) is 30.1 Å². The minimum Gasteiger partial charge on any atom is -0.481 e. The van der Waals surface area contributed by atoms with Crippen LogP contribution in [0, 0.1) is 0 Å². The normalized spacial score (nSPS) is 20.3.